The van der Waals surface area contributed by atoms with Gasteiger partial charge in [-0.15, -0.1) is 10.2 Å². The van der Waals surface area contributed by atoms with Gasteiger partial charge >= 0.3 is 0 Å². The molecule has 1 aromatic carbocycles. The van der Waals surface area contributed by atoms with Crippen molar-refractivity contribution in [2.24, 2.45) is 5.10 Å². The highest BCUT2D eigenvalue weighted by atomic mass is 35.5. The number of hydrogen-bond acceptors (Lipinski definition) is 7. The van der Waals surface area contributed by atoms with E-state index in [1.54, 1.807) is 29.3 Å². The lowest BCUT2D eigenvalue weighted by Crippen LogP contribution is -1.96. The zero-order valence-corrected chi connectivity index (χ0v) is 17.3. The molecule has 0 bridgehead atoms. The zero-order valence-electron chi connectivity index (χ0n) is 15.7. The van der Waals surface area contributed by atoms with Gasteiger partial charge in [0.25, 0.3) is 0 Å². The van der Waals surface area contributed by atoms with Gasteiger partial charge in [-0.2, -0.15) is 9.78 Å². The summed E-state index contributed by atoms with van der Waals surface area (Å²) >= 11 is 7.47. The van der Waals surface area contributed by atoms with Gasteiger partial charge in [0, 0.05) is 5.02 Å². The van der Waals surface area contributed by atoms with Crippen LogP contribution in [0, 0.1) is 6.92 Å². The minimum atomic E-state index is 0.301. The molecule has 0 fully saturated rings. The molecule has 0 saturated carbocycles. The molecule has 29 heavy (non-hydrogen) atoms. The van der Waals surface area contributed by atoms with Crippen LogP contribution in [0.25, 0.3) is 11.6 Å². The van der Waals surface area contributed by atoms with Crippen molar-refractivity contribution in [3.63, 3.8) is 0 Å². The Kier molecular flexibility index (Phi) is 5.73. The van der Waals surface area contributed by atoms with E-state index >= 15 is 0 Å². The van der Waals surface area contributed by atoms with Crippen LogP contribution in [0.5, 0.6) is 5.75 Å². The van der Waals surface area contributed by atoms with Gasteiger partial charge in [0.2, 0.25) is 11.0 Å². The normalized spacial score (nSPS) is 11.4. The first kappa shape index (κ1) is 19.4. The van der Waals surface area contributed by atoms with Gasteiger partial charge in [-0.3, -0.25) is 0 Å². The van der Waals surface area contributed by atoms with Gasteiger partial charge in [0.1, 0.15) is 23.9 Å². The third kappa shape index (κ3) is 4.38. The molecule has 3 aromatic heterocycles. The fourth-order valence-corrected chi connectivity index (χ4v) is 3.12. The summed E-state index contributed by atoms with van der Waals surface area (Å²) in [6.45, 7) is 2.23. The van der Waals surface area contributed by atoms with E-state index in [1.807, 2.05) is 43.5 Å². The maximum absolute atomic E-state index is 6.04. The van der Waals surface area contributed by atoms with Crippen LogP contribution >= 0.6 is 23.4 Å². The molecule has 9 heteroatoms. The number of aromatic nitrogens is 3. The molecular formula is C20H17ClN4O3S. The van der Waals surface area contributed by atoms with Gasteiger partial charge in [0.05, 0.1) is 12.5 Å². The summed E-state index contributed by atoms with van der Waals surface area (Å²) in [6.07, 6.45) is 5.09. The predicted octanol–water partition coefficient (Wildman–Crippen LogP) is 5.28. The van der Waals surface area contributed by atoms with Crippen molar-refractivity contribution in [1.82, 2.24) is 14.9 Å². The SMILES string of the molecule is CSc1nnc(-c2ccco2)n1/N=C\c1ccc(COc2ccc(Cl)c(C)c2)o1. The molecule has 0 radical (unpaired) electrons. The molecule has 0 amide bonds. The fourth-order valence-electron chi connectivity index (χ4n) is 2.57. The van der Waals surface area contributed by atoms with E-state index in [1.165, 1.54) is 11.8 Å². The van der Waals surface area contributed by atoms with E-state index in [2.05, 4.69) is 15.3 Å². The summed E-state index contributed by atoms with van der Waals surface area (Å²) < 4.78 is 18.6. The van der Waals surface area contributed by atoms with Gasteiger partial charge < -0.3 is 13.6 Å². The average molecular weight is 429 g/mol. The lowest BCUT2D eigenvalue weighted by Gasteiger charge is -2.06. The second-order valence-corrected chi connectivity index (χ2v) is 7.23. The van der Waals surface area contributed by atoms with Crippen LogP contribution in [0.15, 0.2) is 67.8 Å². The minimum absolute atomic E-state index is 0.301. The highest BCUT2D eigenvalue weighted by Crippen LogP contribution is 2.24. The topological polar surface area (TPSA) is 78.6 Å². The number of nitrogens with zero attached hydrogens (tertiary/aromatic N) is 4. The summed E-state index contributed by atoms with van der Waals surface area (Å²) in [4.78, 5) is 0. The van der Waals surface area contributed by atoms with Crippen molar-refractivity contribution >= 4 is 29.6 Å². The van der Waals surface area contributed by atoms with Crippen molar-refractivity contribution in [3.05, 3.63) is 70.8 Å². The molecule has 0 spiro atoms. The monoisotopic (exact) mass is 428 g/mol. The number of thioether (sulfide) groups is 1. The van der Waals surface area contributed by atoms with Gasteiger partial charge in [-0.1, -0.05) is 23.4 Å². The van der Waals surface area contributed by atoms with E-state index in [4.69, 9.17) is 25.2 Å². The minimum Gasteiger partial charge on any atom is -0.486 e. The van der Waals surface area contributed by atoms with Crippen LogP contribution in [0.4, 0.5) is 0 Å². The van der Waals surface area contributed by atoms with Crippen molar-refractivity contribution in [2.75, 3.05) is 6.26 Å². The third-order valence-corrected chi connectivity index (χ3v) is 5.07. The van der Waals surface area contributed by atoms with Crippen LogP contribution in [0.1, 0.15) is 17.1 Å². The third-order valence-electron chi connectivity index (χ3n) is 4.03. The van der Waals surface area contributed by atoms with Crippen LogP contribution in [0.3, 0.4) is 0 Å². The van der Waals surface area contributed by atoms with Crippen molar-refractivity contribution < 1.29 is 13.6 Å². The summed E-state index contributed by atoms with van der Waals surface area (Å²) in [5, 5.41) is 14.1. The molecule has 3 heterocycles. The predicted molar refractivity (Wildman–Crippen MR) is 112 cm³/mol. The summed E-state index contributed by atoms with van der Waals surface area (Å²) in [5.74, 6) is 3.10. The molecule has 0 atom stereocenters. The highest BCUT2D eigenvalue weighted by Gasteiger charge is 2.15. The summed E-state index contributed by atoms with van der Waals surface area (Å²) in [7, 11) is 0. The lowest BCUT2D eigenvalue weighted by atomic mass is 10.2. The maximum atomic E-state index is 6.04. The standard InChI is InChI=1S/C20H17ClN4O3S/c1-13-10-14(7-8-17(13)21)27-12-16-6-5-15(28-16)11-22-25-19(18-4-3-9-26-18)23-24-20(25)29-2/h3-11H,12H2,1-2H3/b22-11-. The molecule has 4 aromatic rings. The number of ether oxygens (including phenoxy) is 1. The average Bonchev–Trinajstić information content (AvgIpc) is 3.47. The van der Waals surface area contributed by atoms with Gasteiger partial charge in [0.15, 0.2) is 5.76 Å². The first-order chi connectivity index (χ1) is 14.1. The number of furan rings is 2. The number of hydrogen-bond donors (Lipinski definition) is 0. The van der Waals surface area contributed by atoms with Crippen LogP contribution in [-0.2, 0) is 6.61 Å². The van der Waals surface area contributed by atoms with E-state index in [0.29, 0.717) is 39.9 Å². The Balaban J connectivity index is 1.47. The second kappa shape index (κ2) is 8.59. The van der Waals surface area contributed by atoms with Crippen LogP contribution in [0.2, 0.25) is 5.02 Å². The molecule has 0 unspecified atom stereocenters. The van der Waals surface area contributed by atoms with Crippen LogP contribution in [-0.4, -0.2) is 27.3 Å². The molecule has 0 aliphatic rings. The molecule has 0 saturated heterocycles. The molecule has 4 rings (SSSR count). The van der Waals surface area contributed by atoms with E-state index in [-0.39, 0.29) is 0 Å². The maximum Gasteiger partial charge on any atom is 0.221 e. The van der Waals surface area contributed by atoms with Crippen molar-refractivity contribution in [2.45, 2.75) is 18.7 Å². The highest BCUT2D eigenvalue weighted by molar-refractivity contribution is 7.98. The van der Waals surface area contributed by atoms with Crippen LogP contribution < -0.4 is 4.74 Å². The van der Waals surface area contributed by atoms with E-state index < -0.39 is 0 Å². The van der Waals surface area contributed by atoms with Crippen molar-refractivity contribution in [3.8, 4) is 17.3 Å². The zero-order chi connectivity index (χ0) is 20.2. The van der Waals surface area contributed by atoms with Crippen molar-refractivity contribution in [1.29, 1.82) is 0 Å². The Labute approximate surface area is 176 Å². The first-order valence-electron chi connectivity index (χ1n) is 8.69. The Morgan fingerprint density at radius 3 is 2.90 bits per heavy atom. The molecule has 0 N–H and O–H groups in total. The Morgan fingerprint density at radius 2 is 2.14 bits per heavy atom. The smallest absolute Gasteiger partial charge is 0.221 e. The van der Waals surface area contributed by atoms with E-state index in [9.17, 15) is 0 Å². The largest absolute Gasteiger partial charge is 0.486 e. The Morgan fingerprint density at radius 1 is 1.24 bits per heavy atom. The number of benzene rings is 1. The lowest BCUT2D eigenvalue weighted by molar-refractivity contribution is 0.269. The Hall–Kier alpha value is -2.97. The van der Waals surface area contributed by atoms with E-state index in [0.717, 1.165) is 11.3 Å². The second-order valence-electron chi connectivity index (χ2n) is 6.05. The number of halogens is 1. The number of rotatable bonds is 7. The first-order valence-corrected chi connectivity index (χ1v) is 10.3. The number of aryl methyl sites for hydroxylation is 1. The molecular weight excluding hydrogens is 412 g/mol. The molecule has 7 nitrogen and oxygen atoms in total. The molecule has 0 aliphatic heterocycles. The Bertz CT molecular complexity index is 1130. The molecule has 0 aliphatic carbocycles. The summed E-state index contributed by atoms with van der Waals surface area (Å²) in [5.41, 5.74) is 0.960. The fraction of sp³-hybridized carbons (Fsp3) is 0.150. The van der Waals surface area contributed by atoms with Gasteiger partial charge in [-0.05, 0) is 61.2 Å². The quantitative estimate of drug-likeness (QED) is 0.294. The van der Waals surface area contributed by atoms with Gasteiger partial charge in [-0.25, -0.2) is 0 Å². The molecule has 148 valence electrons. The summed E-state index contributed by atoms with van der Waals surface area (Å²) in [6, 6.07) is 12.8.